The van der Waals surface area contributed by atoms with Gasteiger partial charge in [0.15, 0.2) is 0 Å². The van der Waals surface area contributed by atoms with Gasteiger partial charge < -0.3 is 10.1 Å². The minimum atomic E-state index is -0.555. The van der Waals surface area contributed by atoms with E-state index in [1.165, 1.54) is 6.07 Å². The van der Waals surface area contributed by atoms with E-state index in [2.05, 4.69) is 15.5 Å². The minimum Gasteiger partial charge on any atom is -0.381 e. The number of nitrogens with one attached hydrogen (secondary N) is 2. The molecule has 0 saturated heterocycles. The van der Waals surface area contributed by atoms with Gasteiger partial charge in [0.1, 0.15) is 5.82 Å². The van der Waals surface area contributed by atoms with Crippen molar-refractivity contribution in [3.63, 3.8) is 0 Å². The van der Waals surface area contributed by atoms with E-state index in [0.717, 1.165) is 36.6 Å². The molecule has 1 aromatic heterocycles. The molecule has 0 radical (unpaired) electrons. The molecular weight excluding hydrogens is 385 g/mol. The van der Waals surface area contributed by atoms with Gasteiger partial charge in [-0.25, -0.2) is 9.49 Å². The summed E-state index contributed by atoms with van der Waals surface area (Å²) in [7, 11) is 1.70. The summed E-state index contributed by atoms with van der Waals surface area (Å²) in [6.07, 6.45) is 4.01. The molecule has 3 aromatic rings. The van der Waals surface area contributed by atoms with E-state index in [4.69, 9.17) is 4.74 Å². The third-order valence-corrected chi connectivity index (χ3v) is 5.76. The summed E-state index contributed by atoms with van der Waals surface area (Å²) < 4.78 is 19.7. The summed E-state index contributed by atoms with van der Waals surface area (Å²) in [6, 6.07) is 11.7. The largest absolute Gasteiger partial charge is 0.381 e. The first-order chi connectivity index (χ1) is 14.5. The van der Waals surface area contributed by atoms with Crippen molar-refractivity contribution in [2.24, 2.45) is 0 Å². The molecule has 156 valence electrons. The van der Waals surface area contributed by atoms with Gasteiger partial charge in [-0.1, -0.05) is 24.3 Å². The van der Waals surface area contributed by atoms with Gasteiger partial charge >= 0.3 is 0 Å². The van der Waals surface area contributed by atoms with Crippen molar-refractivity contribution in [1.29, 1.82) is 0 Å². The summed E-state index contributed by atoms with van der Waals surface area (Å²) in [5.74, 6) is -0.962. The molecule has 2 aromatic carbocycles. The topological polar surface area (TPSA) is 84.1 Å². The van der Waals surface area contributed by atoms with Crippen LogP contribution in [0.3, 0.4) is 0 Å². The Labute approximate surface area is 173 Å². The van der Waals surface area contributed by atoms with Crippen LogP contribution in [0.5, 0.6) is 0 Å². The molecule has 1 aliphatic rings. The number of halogens is 1. The van der Waals surface area contributed by atoms with Crippen molar-refractivity contribution in [2.45, 2.75) is 44.2 Å². The SMILES string of the molecule is COC1CCC(NC(=O)c2cc(Cc3n[nH]c(=O)c4ccccc34)ccc2F)CC1. The lowest BCUT2D eigenvalue weighted by Gasteiger charge is -2.28. The number of nitrogens with zero attached hydrogens (tertiary/aromatic N) is 1. The number of benzene rings is 2. The van der Waals surface area contributed by atoms with Crippen molar-refractivity contribution < 1.29 is 13.9 Å². The molecule has 0 aliphatic heterocycles. The number of ether oxygens (including phenoxy) is 1. The molecule has 30 heavy (non-hydrogen) atoms. The molecular formula is C23H24FN3O3. The number of aromatic nitrogens is 2. The first kappa shape index (κ1) is 20.2. The number of H-pyrrole nitrogens is 1. The maximum Gasteiger partial charge on any atom is 0.272 e. The van der Waals surface area contributed by atoms with Crippen LogP contribution in [0.25, 0.3) is 10.8 Å². The highest BCUT2D eigenvalue weighted by Gasteiger charge is 2.23. The van der Waals surface area contributed by atoms with Crippen LogP contribution in [0.15, 0.2) is 47.3 Å². The number of amides is 1. The predicted octanol–water partition coefficient (Wildman–Crippen LogP) is 3.34. The van der Waals surface area contributed by atoms with Gasteiger partial charge in [-0.2, -0.15) is 5.10 Å². The zero-order valence-corrected chi connectivity index (χ0v) is 16.8. The Bertz CT molecular complexity index is 1120. The van der Waals surface area contributed by atoms with Gasteiger partial charge in [-0.3, -0.25) is 9.59 Å². The maximum atomic E-state index is 14.4. The Balaban J connectivity index is 1.53. The van der Waals surface area contributed by atoms with E-state index in [-0.39, 0.29) is 23.3 Å². The molecule has 4 rings (SSSR count). The molecule has 0 bridgehead atoms. The van der Waals surface area contributed by atoms with Crippen LogP contribution in [0, 0.1) is 5.82 Å². The van der Waals surface area contributed by atoms with E-state index < -0.39 is 11.7 Å². The molecule has 1 amide bonds. The first-order valence-electron chi connectivity index (χ1n) is 10.1. The lowest BCUT2D eigenvalue weighted by atomic mass is 9.92. The van der Waals surface area contributed by atoms with Gasteiger partial charge in [0.25, 0.3) is 11.5 Å². The number of hydrogen-bond acceptors (Lipinski definition) is 4. The van der Waals surface area contributed by atoms with Gasteiger partial charge in [0.05, 0.1) is 22.7 Å². The number of rotatable bonds is 5. The van der Waals surface area contributed by atoms with Gasteiger partial charge in [-0.15, -0.1) is 0 Å². The lowest BCUT2D eigenvalue weighted by Crippen LogP contribution is -2.39. The number of carbonyl (C=O) groups is 1. The van der Waals surface area contributed by atoms with Crippen molar-refractivity contribution in [1.82, 2.24) is 15.5 Å². The van der Waals surface area contributed by atoms with Gasteiger partial charge in [0, 0.05) is 25.0 Å². The Morgan fingerprint density at radius 3 is 2.63 bits per heavy atom. The van der Waals surface area contributed by atoms with Crippen LogP contribution >= 0.6 is 0 Å². The lowest BCUT2D eigenvalue weighted by molar-refractivity contribution is 0.0598. The van der Waals surface area contributed by atoms with Crippen LogP contribution in [0.1, 0.15) is 47.3 Å². The molecule has 1 fully saturated rings. The van der Waals surface area contributed by atoms with Gasteiger partial charge in [0.2, 0.25) is 0 Å². The molecule has 1 aliphatic carbocycles. The van der Waals surface area contributed by atoms with E-state index in [0.29, 0.717) is 17.5 Å². The normalized spacial score (nSPS) is 19.0. The first-order valence-corrected chi connectivity index (χ1v) is 10.1. The van der Waals surface area contributed by atoms with E-state index in [1.807, 2.05) is 12.1 Å². The quantitative estimate of drug-likeness (QED) is 0.677. The fraction of sp³-hybridized carbons (Fsp3) is 0.348. The third kappa shape index (κ3) is 4.26. The van der Waals surface area contributed by atoms with Crippen LogP contribution < -0.4 is 10.9 Å². The van der Waals surface area contributed by atoms with Gasteiger partial charge in [-0.05, 0) is 49.4 Å². The summed E-state index contributed by atoms with van der Waals surface area (Å²) in [4.78, 5) is 24.7. The van der Waals surface area contributed by atoms with E-state index in [1.54, 1.807) is 31.4 Å². The highest BCUT2D eigenvalue weighted by atomic mass is 19.1. The third-order valence-electron chi connectivity index (χ3n) is 5.76. The molecule has 2 N–H and O–H groups in total. The second-order valence-corrected chi connectivity index (χ2v) is 7.72. The van der Waals surface area contributed by atoms with Crippen molar-refractivity contribution >= 4 is 16.7 Å². The minimum absolute atomic E-state index is 0.0232. The number of aromatic amines is 1. The Morgan fingerprint density at radius 1 is 1.17 bits per heavy atom. The maximum absolute atomic E-state index is 14.4. The standard InChI is InChI=1S/C23H24FN3O3/c1-30-16-9-7-15(8-10-16)25-22(28)19-12-14(6-11-20(19)24)13-21-17-4-2-3-5-18(17)23(29)27-26-21/h2-6,11-12,15-16H,7-10,13H2,1H3,(H,25,28)(H,27,29). The second-order valence-electron chi connectivity index (χ2n) is 7.72. The molecule has 1 saturated carbocycles. The van der Waals surface area contributed by atoms with Crippen LogP contribution in [0.2, 0.25) is 0 Å². The highest BCUT2D eigenvalue weighted by Crippen LogP contribution is 2.22. The van der Waals surface area contributed by atoms with Crippen LogP contribution in [-0.2, 0) is 11.2 Å². The molecule has 0 unspecified atom stereocenters. The molecule has 7 heteroatoms. The van der Waals surface area contributed by atoms with E-state index >= 15 is 0 Å². The Morgan fingerprint density at radius 2 is 1.90 bits per heavy atom. The Hall–Kier alpha value is -3.06. The fourth-order valence-electron chi connectivity index (χ4n) is 4.06. The summed E-state index contributed by atoms with van der Waals surface area (Å²) >= 11 is 0. The van der Waals surface area contributed by atoms with Crippen LogP contribution in [0.4, 0.5) is 4.39 Å². The van der Waals surface area contributed by atoms with Crippen molar-refractivity contribution in [3.8, 4) is 0 Å². The Kier molecular flexibility index (Phi) is 5.90. The predicted molar refractivity (Wildman–Crippen MR) is 112 cm³/mol. The molecule has 6 nitrogen and oxygen atoms in total. The zero-order valence-electron chi connectivity index (χ0n) is 16.8. The monoisotopic (exact) mass is 409 g/mol. The number of carbonyl (C=O) groups excluding carboxylic acids is 1. The molecule has 0 spiro atoms. The number of methoxy groups -OCH3 is 1. The smallest absolute Gasteiger partial charge is 0.272 e. The second kappa shape index (κ2) is 8.75. The fourth-order valence-corrected chi connectivity index (χ4v) is 4.06. The number of hydrogen-bond donors (Lipinski definition) is 2. The average molecular weight is 409 g/mol. The number of fused-ring (bicyclic) bond motifs is 1. The van der Waals surface area contributed by atoms with Crippen LogP contribution in [-0.4, -0.2) is 35.4 Å². The molecule has 1 heterocycles. The highest BCUT2D eigenvalue weighted by molar-refractivity contribution is 5.95. The van der Waals surface area contributed by atoms with Crippen molar-refractivity contribution in [2.75, 3.05) is 7.11 Å². The zero-order chi connectivity index (χ0) is 21.1. The summed E-state index contributed by atoms with van der Waals surface area (Å²) in [5.41, 5.74) is 1.18. The summed E-state index contributed by atoms with van der Waals surface area (Å²) in [5, 5.41) is 10.9. The van der Waals surface area contributed by atoms with Crippen molar-refractivity contribution in [3.05, 3.63) is 75.5 Å². The molecule has 0 atom stereocenters. The van der Waals surface area contributed by atoms with E-state index in [9.17, 15) is 14.0 Å². The average Bonchev–Trinajstić information content (AvgIpc) is 2.77. The summed E-state index contributed by atoms with van der Waals surface area (Å²) in [6.45, 7) is 0.